The molecule has 35 heavy (non-hydrogen) atoms. The van der Waals surface area contributed by atoms with Crippen LogP contribution in [0.3, 0.4) is 0 Å². The highest BCUT2D eigenvalue weighted by Gasteiger charge is 2.28. The van der Waals surface area contributed by atoms with Crippen molar-refractivity contribution in [2.75, 3.05) is 32.1 Å². The van der Waals surface area contributed by atoms with Crippen molar-refractivity contribution in [3.63, 3.8) is 0 Å². The lowest BCUT2D eigenvalue weighted by atomic mass is 9.92. The van der Waals surface area contributed by atoms with E-state index >= 15 is 0 Å². The van der Waals surface area contributed by atoms with E-state index in [-0.39, 0.29) is 23.5 Å². The fraction of sp³-hybridized carbons (Fsp3) is 0.360. The number of carbonyl (C=O) groups excluding carboxylic acids is 1. The number of amides is 1. The van der Waals surface area contributed by atoms with Crippen molar-refractivity contribution in [2.45, 2.75) is 38.0 Å². The Balaban J connectivity index is 1.91. The topological polar surface area (TPSA) is 93.5 Å². The van der Waals surface area contributed by atoms with Crippen LogP contribution in [0.5, 0.6) is 0 Å². The number of carbonyl (C=O) groups is 1. The van der Waals surface area contributed by atoms with Crippen molar-refractivity contribution in [3.05, 3.63) is 70.9 Å². The van der Waals surface area contributed by atoms with Gasteiger partial charge in [0.25, 0.3) is 0 Å². The number of hydrogen-bond donors (Lipinski definition) is 1. The summed E-state index contributed by atoms with van der Waals surface area (Å²) >= 11 is 5.91. The fourth-order valence-electron chi connectivity index (χ4n) is 3.37. The van der Waals surface area contributed by atoms with Gasteiger partial charge in [0.2, 0.25) is 15.9 Å². The zero-order valence-corrected chi connectivity index (χ0v) is 22.2. The quantitative estimate of drug-likeness (QED) is 0.453. The maximum atomic E-state index is 13.2. The van der Waals surface area contributed by atoms with Crippen LogP contribution in [0.2, 0.25) is 5.02 Å². The number of hydrogen-bond acceptors (Lipinski definition) is 5. The number of sulfonamides is 1. The van der Waals surface area contributed by atoms with Crippen LogP contribution in [0.15, 0.2) is 59.5 Å². The Bertz CT molecular complexity index is 1280. The molecule has 3 aromatic rings. The van der Waals surface area contributed by atoms with E-state index in [9.17, 15) is 13.2 Å². The molecule has 1 heterocycles. The van der Waals surface area contributed by atoms with Gasteiger partial charge in [0.05, 0.1) is 29.4 Å². The zero-order valence-electron chi connectivity index (χ0n) is 20.6. The molecule has 0 aliphatic rings. The first-order valence-electron chi connectivity index (χ1n) is 11.1. The molecule has 0 aliphatic heterocycles. The van der Waals surface area contributed by atoms with Crippen LogP contribution in [0.1, 0.15) is 32.0 Å². The molecule has 3 rings (SSSR count). The molecule has 188 valence electrons. The lowest BCUT2D eigenvalue weighted by Crippen LogP contribution is -2.40. The molecule has 0 saturated carbocycles. The molecular formula is C25H31ClN4O4S. The summed E-state index contributed by atoms with van der Waals surface area (Å²) in [7, 11) is -2.48. The van der Waals surface area contributed by atoms with Crippen molar-refractivity contribution < 1.29 is 17.9 Å². The largest absolute Gasteiger partial charge is 0.383 e. The number of ether oxygens (including phenoxy) is 1. The summed E-state index contributed by atoms with van der Waals surface area (Å²) in [5, 5.41) is 7.99. The van der Waals surface area contributed by atoms with E-state index in [4.69, 9.17) is 21.4 Å². The molecule has 0 aliphatic carbocycles. The molecular weight excluding hydrogens is 488 g/mol. The fourth-order valence-corrected chi connectivity index (χ4v) is 4.87. The molecule has 1 aromatic heterocycles. The molecule has 1 N–H and O–H groups in total. The molecule has 10 heteroatoms. The van der Waals surface area contributed by atoms with Crippen LogP contribution in [0, 0.1) is 6.92 Å². The Morgan fingerprint density at radius 2 is 1.83 bits per heavy atom. The van der Waals surface area contributed by atoms with Gasteiger partial charge < -0.3 is 10.1 Å². The van der Waals surface area contributed by atoms with Gasteiger partial charge in [-0.05, 0) is 48.9 Å². The maximum absolute atomic E-state index is 13.2. The normalized spacial score (nSPS) is 12.2. The predicted molar refractivity (Wildman–Crippen MR) is 138 cm³/mol. The first kappa shape index (κ1) is 26.9. The number of anilines is 1. The van der Waals surface area contributed by atoms with Gasteiger partial charge in [0.15, 0.2) is 0 Å². The molecule has 0 atom stereocenters. The minimum absolute atomic E-state index is 0.0132. The zero-order chi connectivity index (χ0) is 25.8. The Morgan fingerprint density at radius 1 is 1.14 bits per heavy atom. The van der Waals surface area contributed by atoms with Gasteiger partial charge >= 0.3 is 0 Å². The molecule has 0 spiro atoms. The van der Waals surface area contributed by atoms with Gasteiger partial charge in [-0.15, -0.1) is 0 Å². The van der Waals surface area contributed by atoms with E-state index in [1.807, 2.05) is 58.0 Å². The Labute approximate surface area is 211 Å². The monoisotopic (exact) mass is 518 g/mol. The van der Waals surface area contributed by atoms with Gasteiger partial charge in [0, 0.05) is 30.2 Å². The van der Waals surface area contributed by atoms with E-state index in [0.29, 0.717) is 10.8 Å². The second-order valence-electron chi connectivity index (χ2n) is 9.25. The SMILES string of the molecule is COCCN(CC(=O)Nc1cc(C(C)(C)C)nn1-c1cccc(C)c1)S(=O)(=O)c1ccc(Cl)cc1. The van der Waals surface area contributed by atoms with Crippen LogP contribution < -0.4 is 5.32 Å². The van der Waals surface area contributed by atoms with Gasteiger partial charge in [0.1, 0.15) is 5.82 Å². The van der Waals surface area contributed by atoms with Crippen molar-refractivity contribution in [1.82, 2.24) is 14.1 Å². The minimum atomic E-state index is -3.95. The van der Waals surface area contributed by atoms with Crippen molar-refractivity contribution >= 4 is 33.3 Å². The van der Waals surface area contributed by atoms with E-state index in [2.05, 4.69) is 5.32 Å². The predicted octanol–water partition coefficient (Wildman–Crippen LogP) is 4.41. The summed E-state index contributed by atoms with van der Waals surface area (Å²) in [5.74, 6) is -0.0333. The average Bonchev–Trinajstić information content (AvgIpc) is 3.21. The summed E-state index contributed by atoms with van der Waals surface area (Å²) in [5.41, 5.74) is 2.38. The summed E-state index contributed by atoms with van der Waals surface area (Å²) in [6, 6.07) is 15.4. The molecule has 0 bridgehead atoms. The van der Waals surface area contributed by atoms with Crippen LogP contribution in [-0.2, 0) is 25.0 Å². The third-order valence-corrected chi connectivity index (χ3v) is 7.42. The highest BCUT2D eigenvalue weighted by Crippen LogP contribution is 2.27. The lowest BCUT2D eigenvalue weighted by molar-refractivity contribution is -0.116. The molecule has 1 amide bonds. The first-order valence-corrected chi connectivity index (χ1v) is 13.0. The van der Waals surface area contributed by atoms with E-state index in [0.717, 1.165) is 21.2 Å². The number of aryl methyl sites for hydroxylation is 1. The smallest absolute Gasteiger partial charge is 0.243 e. The summed E-state index contributed by atoms with van der Waals surface area (Å²) < 4.78 is 34.3. The molecule has 0 unspecified atom stereocenters. The number of halogens is 1. The van der Waals surface area contributed by atoms with Gasteiger partial charge in [-0.3, -0.25) is 4.79 Å². The second kappa shape index (κ2) is 10.9. The van der Waals surface area contributed by atoms with Crippen LogP contribution in [0.4, 0.5) is 5.82 Å². The summed E-state index contributed by atoms with van der Waals surface area (Å²) in [4.78, 5) is 13.2. The highest BCUT2D eigenvalue weighted by molar-refractivity contribution is 7.89. The highest BCUT2D eigenvalue weighted by atomic mass is 35.5. The number of nitrogens with one attached hydrogen (secondary N) is 1. The molecule has 0 saturated heterocycles. The molecule has 0 radical (unpaired) electrons. The Kier molecular flexibility index (Phi) is 8.38. The van der Waals surface area contributed by atoms with Crippen molar-refractivity contribution in [2.24, 2.45) is 0 Å². The van der Waals surface area contributed by atoms with Crippen molar-refractivity contribution in [1.29, 1.82) is 0 Å². The average molecular weight is 519 g/mol. The first-order chi connectivity index (χ1) is 16.4. The number of methoxy groups -OCH3 is 1. The third-order valence-electron chi connectivity index (χ3n) is 5.31. The van der Waals surface area contributed by atoms with Gasteiger partial charge in [-0.2, -0.15) is 9.40 Å². The summed E-state index contributed by atoms with van der Waals surface area (Å²) in [6.45, 7) is 7.84. The number of rotatable bonds is 9. The maximum Gasteiger partial charge on any atom is 0.243 e. The standard InChI is InChI=1S/C25H31ClN4O4S/c1-18-7-6-8-20(15-18)30-23(16-22(28-30)25(2,3)4)27-24(31)17-29(13-14-34-5)35(32,33)21-11-9-19(26)10-12-21/h6-12,15-16H,13-14,17H2,1-5H3,(H,27,31). The van der Waals surface area contributed by atoms with Gasteiger partial charge in [-0.25, -0.2) is 13.1 Å². The third kappa shape index (κ3) is 6.70. The second-order valence-corrected chi connectivity index (χ2v) is 11.6. The minimum Gasteiger partial charge on any atom is -0.383 e. The van der Waals surface area contributed by atoms with Gasteiger partial charge in [-0.1, -0.05) is 44.5 Å². The molecule has 8 nitrogen and oxygen atoms in total. The van der Waals surface area contributed by atoms with Crippen molar-refractivity contribution in [3.8, 4) is 5.69 Å². The number of aromatic nitrogens is 2. The van der Waals surface area contributed by atoms with E-state index in [1.165, 1.54) is 31.4 Å². The Morgan fingerprint density at radius 3 is 2.43 bits per heavy atom. The van der Waals surface area contributed by atoms with E-state index in [1.54, 1.807) is 4.68 Å². The lowest BCUT2D eigenvalue weighted by Gasteiger charge is -2.21. The van der Waals surface area contributed by atoms with Crippen LogP contribution >= 0.6 is 11.6 Å². The summed E-state index contributed by atoms with van der Waals surface area (Å²) in [6.07, 6.45) is 0. The number of benzene rings is 2. The molecule has 0 fully saturated rings. The van der Waals surface area contributed by atoms with E-state index < -0.39 is 22.5 Å². The van der Waals surface area contributed by atoms with Crippen LogP contribution in [-0.4, -0.2) is 55.2 Å². The Hall–Kier alpha value is -2.72. The molecule has 2 aromatic carbocycles. The number of nitrogens with zero attached hydrogens (tertiary/aromatic N) is 3. The van der Waals surface area contributed by atoms with Crippen LogP contribution in [0.25, 0.3) is 5.69 Å².